The van der Waals surface area contributed by atoms with Gasteiger partial charge in [0.25, 0.3) is 0 Å². The molecule has 0 aliphatic heterocycles. The molecule has 0 N–H and O–H groups in total. The van der Waals surface area contributed by atoms with Crippen molar-refractivity contribution in [3.63, 3.8) is 0 Å². The van der Waals surface area contributed by atoms with Gasteiger partial charge < -0.3 is 9.80 Å². The molecular formula is C25H30ClF3N4. The Morgan fingerprint density at radius 1 is 0.909 bits per heavy atom. The zero-order chi connectivity index (χ0) is 24.0. The third kappa shape index (κ3) is 6.58. The molecule has 0 aliphatic carbocycles. The molecule has 1 aromatic carbocycles. The SMILES string of the molecule is CCCN(CCC)CCCN(c1cc(C(F)(F)F)ccn1)c1ccc2cc(C)cc(Cl)c2n1. The molecule has 3 rings (SSSR count). The summed E-state index contributed by atoms with van der Waals surface area (Å²) in [6.45, 7) is 9.58. The summed E-state index contributed by atoms with van der Waals surface area (Å²) in [5, 5.41) is 1.40. The molecule has 0 fully saturated rings. The number of aromatic nitrogens is 2. The predicted molar refractivity (Wildman–Crippen MR) is 129 cm³/mol. The van der Waals surface area contributed by atoms with Crippen LogP contribution < -0.4 is 4.90 Å². The third-order valence-electron chi connectivity index (χ3n) is 5.44. The molecule has 0 atom stereocenters. The Balaban J connectivity index is 1.96. The van der Waals surface area contributed by atoms with Gasteiger partial charge in [0.05, 0.1) is 16.1 Å². The summed E-state index contributed by atoms with van der Waals surface area (Å²) in [6, 6.07) is 9.60. The molecule has 0 saturated heterocycles. The van der Waals surface area contributed by atoms with Gasteiger partial charge in [-0.25, -0.2) is 9.97 Å². The zero-order valence-electron chi connectivity index (χ0n) is 19.3. The van der Waals surface area contributed by atoms with Crippen LogP contribution >= 0.6 is 11.6 Å². The molecule has 0 saturated carbocycles. The minimum atomic E-state index is -4.44. The van der Waals surface area contributed by atoms with E-state index >= 15 is 0 Å². The number of pyridine rings is 2. The van der Waals surface area contributed by atoms with Crippen LogP contribution in [-0.2, 0) is 6.18 Å². The standard InChI is InChI=1S/C25H30ClF3N4/c1-4-11-32(12-5-2)13-6-14-33(23-17-20(9-10-30-23)25(27,28)29)22-8-7-19-15-18(3)16-21(26)24(19)31-22/h7-10,15-17H,4-6,11-14H2,1-3H3. The molecule has 0 amide bonds. The summed E-state index contributed by atoms with van der Waals surface area (Å²) in [6.07, 6.45) is -0.367. The van der Waals surface area contributed by atoms with Crippen LogP contribution in [0.15, 0.2) is 42.6 Å². The fourth-order valence-corrected chi connectivity index (χ4v) is 4.31. The molecule has 3 aromatic rings. The maximum Gasteiger partial charge on any atom is 0.416 e. The highest BCUT2D eigenvalue weighted by molar-refractivity contribution is 6.35. The number of fused-ring (bicyclic) bond motifs is 1. The number of benzene rings is 1. The Labute approximate surface area is 198 Å². The fraction of sp³-hybridized carbons (Fsp3) is 0.440. The number of rotatable bonds is 10. The Hall–Kier alpha value is -2.38. The van der Waals surface area contributed by atoms with Crippen LogP contribution in [0.25, 0.3) is 10.9 Å². The van der Waals surface area contributed by atoms with Crippen molar-refractivity contribution in [3.8, 4) is 0 Å². The van der Waals surface area contributed by atoms with E-state index in [1.54, 1.807) is 4.90 Å². The topological polar surface area (TPSA) is 32.3 Å². The van der Waals surface area contributed by atoms with Gasteiger partial charge in [-0.2, -0.15) is 13.2 Å². The number of alkyl halides is 3. The van der Waals surface area contributed by atoms with E-state index in [4.69, 9.17) is 16.6 Å². The van der Waals surface area contributed by atoms with Crippen molar-refractivity contribution in [2.24, 2.45) is 0 Å². The van der Waals surface area contributed by atoms with Crippen molar-refractivity contribution < 1.29 is 13.2 Å². The number of halogens is 4. The molecule has 178 valence electrons. The Kier molecular flexibility index (Phi) is 8.54. The third-order valence-corrected chi connectivity index (χ3v) is 5.73. The van der Waals surface area contributed by atoms with Gasteiger partial charge in [-0.15, -0.1) is 0 Å². The molecule has 33 heavy (non-hydrogen) atoms. The summed E-state index contributed by atoms with van der Waals surface area (Å²) in [5.41, 5.74) is 0.909. The van der Waals surface area contributed by atoms with Crippen molar-refractivity contribution in [3.05, 3.63) is 58.7 Å². The van der Waals surface area contributed by atoms with Crippen LogP contribution in [0.3, 0.4) is 0 Å². The van der Waals surface area contributed by atoms with Crippen molar-refractivity contribution in [1.82, 2.24) is 14.9 Å². The minimum Gasteiger partial charge on any atom is -0.311 e. The van der Waals surface area contributed by atoms with Gasteiger partial charge in [-0.3, -0.25) is 0 Å². The van der Waals surface area contributed by atoms with Gasteiger partial charge in [0.15, 0.2) is 0 Å². The molecule has 0 spiro atoms. The Morgan fingerprint density at radius 3 is 2.30 bits per heavy atom. The first-order chi connectivity index (χ1) is 15.7. The van der Waals surface area contributed by atoms with Gasteiger partial charge >= 0.3 is 6.18 Å². The lowest BCUT2D eigenvalue weighted by molar-refractivity contribution is -0.137. The van der Waals surface area contributed by atoms with Crippen LogP contribution in [0, 0.1) is 6.92 Å². The predicted octanol–water partition coefficient (Wildman–Crippen LogP) is 7.26. The first kappa shape index (κ1) is 25.2. The first-order valence-corrected chi connectivity index (χ1v) is 11.7. The summed E-state index contributed by atoms with van der Waals surface area (Å²) in [4.78, 5) is 13.1. The average Bonchev–Trinajstić information content (AvgIpc) is 2.76. The minimum absolute atomic E-state index is 0.220. The van der Waals surface area contributed by atoms with Crippen LogP contribution in [0.1, 0.15) is 44.2 Å². The van der Waals surface area contributed by atoms with Gasteiger partial charge in [0.1, 0.15) is 11.6 Å². The average molecular weight is 479 g/mol. The maximum atomic E-state index is 13.4. The van der Waals surface area contributed by atoms with Gasteiger partial charge in [0, 0.05) is 18.1 Å². The second kappa shape index (κ2) is 11.2. The number of anilines is 2. The molecule has 4 nitrogen and oxygen atoms in total. The summed E-state index contributed by atoms with van der Waals surface area (Å²) in [5.74, 6) is 0.745. The number of hydrogen-bond donors (Lipinski definition) is 0. The van der Waals surface area contributed by atoms with Gasteiger partial charge in [0.2, 0.25) is 0 Å². The van der Waals surface area contributed by atoms with Gasteiger partial charge in [-0.1, -0.05) is 25.4 Å². The Morgan fingerprint density at radius 2 is 1.64 bits per heavy atom. The smallest absolute Gasteiger partial charge is 0.311 e. The van der Waals surface area contributed by atoms with E-state index in [1.807, 2.05) is 31.2 Å². The van der Waals surface area contributed by atoms with E-state index in [0.29, 0.717) is 22.9 Å². The zero-order valence-corrected chi connectivity index (χ0v) is 20.0. The highest BCUT2D eigenvalue weighted by atomic mass is 35.5. The molecule has 0 unspecified atom stereocenters. The van der Waals surface area contributed by atoms with Crippen LogP contribution in [-0.4, -0.2) is 41.0 Å². The maximum absolute atomic E-state index is 13.4. The molecule has 0 bridgehead atoms. The van der Waals surface area contributed by atoms with Crippen molar-refractivity contribution in [2.75, 3.05) is 31.1 Å². The summed E-state index contributed by atoms with van der Waals surface area (Å²) >= 11 is 6.43. The molecule has 0 aliphatic rings. The number of aryl methyl sites for hydroxylation is 1. The monoisotopic (exact) mass is 478 g/mol. The summed E-state index contributed by atoms with van der Waals surface area (Å²) < 4.78 is 40.1. The lowest BCUT2D eigenvalue weighted by atomic mass is 10.1. The fourth-order valence-electron chi connectivity index (χ4n) is 3.98. The Bertz CT molecular complexity index is 1070. The highest BCUT2D eigenvalue weighted by Crippen LogP contribution is 2.33. The van der Waals surface area contributed by atoms with E-state index < -0.39 is 11.7 Å². The molecule has 0 radical (unpaired) electrons. The highest BCUT2D eigenvalue weighted by Gasteiger charge is 2.31. The molecule has 8 heteroatoms. The summed E-state index contributed by atoms with van der Waals surface area (Å²) in [7, 11) is 0. The molecule has 2 heterocycles. The van der Waals surface area contributed by atoms with E-state index in [-0.39, 0.29) is 5.82 Å². The van der Waals surface area contributed by atoms with Crippen LogP contribution in [0.4, 0.5) is 24.8 Å². The first-order valence-electron chi connectivity index (χ1n) is 11.3. The van der Waals surface area contributed by atoms with E-state index in [1.165, 1.54) is 6.20 Å². The normalized spacial score (nSPS) is 12.0. The van der Waals surface area contributed by atoms with Crippen molar-refractivity contribution in [2.45, 2.75) is 46.2 Å². The number of nitrogens with zero attached hydrogens (tertiary/aromatic N) is 4. The van der Waals surface area contributed by atoms with Crippen LogP contribution in [0.5, 0.6) is 0 Å². The second-order valence-corrected chi connectivity index (χ2v) is 8.64. The lowest BCUT2D eigenvalue weighted by Gasteiger charge is -2.26. The molecular weight excluding hydrogens is 449 g/mol. The van der Waals surface area contributed by atoms with Gasteiger partial charge in [-0.05, 0) is 87.8 Å². The van der Waals surface area contributed by atoms with E-state index in [2.05, 4.69) is 23.7 Å². The van der Waals surface area contributed by atoms with Crippen molar-refractivity contribution in [1.29, 1.82) is 0 Å². The van der Waals surface area contributed by atoms with E-state index in [0.717, 1.165) is 62.0 Å². The molecule has 2 aromatic heterocycles. The van der Waals surface area contributed by atoms with Crippen LogP contribution in [0.2, 0.25) is 5.02 Å². The largest absolute Gasteiger partial charge is 0.416 e. The lowest BCUT2D eigenvalue weighted by Crippen LogP contribution is -2.30. The van der Waals surface area contributed by atoms with Crippen molar-refractivity contribution >= 4 is 34.1 Å². The quantitative estimate of drug-likeness (QED) is 0.307. The number of hydrogen-bond acceptors (Lipinski definition) is 4. The second-order valence-electron chi connectivity index (χ2n) is 8.24. The van der Waals surface area contributed by atoms with E-state index in [9.17, 15) is 13.2 Å².